The van der Waals surface area contributed by atoms with Gasteiger partial charge in [0.2, 0.25) is 5.91 Å². The Balaban J connectivity index is 1.80. The summed E-state index contributed by atoms with van der Waals surface area (Å²) in [6, 6.07) is 6.07. The highest BCUT2D eigenvalue weighted by Crippen LogP contribution is 2.32. The van der Waals surface area contributed by atoms with Crippen LogP contribution in [0.15, 0.2) is 24.3 Å². The van der Waals surface area contributed by atoms with Crippen LogP contribution in [0.4, 0.5) is 10.1 Å². The lowest BCUT2D eigenvalue weighted by molar-refractivity contribution is -0.386. The summed E-state index contributed by atoms with van der Waals surface area (Å²) in [5.41, 5.74) is 1.51. The van der Waals surface area contributed by atoms with Crippen molar-refractivity contribution in [1.82, 2.24) is 14.7 Å². The molecule has 7 nitrogen and oxygen atoms in total. The van der Waals surface area contributed by atoms with E-state index in [1.807, 2.05) is 0 Å². The van der Waals surface area contributed by atoms with Crippen LogP contribution in [0.3, 0.4) is 0 Å². The normalized spacial score (nSPS) is 17.1. The molecule has 2 heterocycles. The Kier molecular flexibility index (Phi) is 4.52. The maximum atomic E-state index is 13.1. The van der Waals surface area contributed by atoms with Crippen LogP contribution >= 0.6 is 0 Å². The molecule has 1 saturated heterocycles. The third kappa shape index (κ3) is 3.24. The van der Waals surface area contributed by atoms with Crippen LogP contribution in [0.1, 0.15) is 35.8 Å². The molecule has 0 N–H and O–H groups in total. The second-order valence-electron chi connectivity index (χ2n) is 6.23. The van der Waals surface area contributed by atoms with Crippen LogP contribution in [-0.4, -0.2) is 32.1 Å². The summed E-state index contributed by atoms with van der Waals surface area (Å²) >= 11 is 0. The highest BCUT2D eigenvalue weighted by molar-refractivity contribution is 5.77. The van der Waals surface area contributed by atoms with Crippen LogP contribution < -0.4 is 0 Å². The third-order valence-electron chi connectivity index (χ3n) is 4.64. The molecule has 1 aromatic heterocycles. The molecular weight excluding hydrogens is 327 g/mol. The van der Waals surface area contributed by atoms with Gasteiger partial charge in [0, 0.05) is 6.54 Å². The lowest BCUT2D eigenvalue weighted by Crippen LogP contribution is -2.34. The highest BCUT2D eigenvalue weighted by atomic mass is 19.1. The molecule has 3 rings (SSSR count). The molecule has 2 aromatic rings. The number of hydrogen-bond donors (Lipinski definition) is 0. The molecule has 0 radical (unpaired) electrons. The van der Waals surface area contributed by atoms with Crippen molar-refractivity contribution >= 4 is 11.6 Å². The van der Waals surface area contributed by atoms with Crippen LogP contribution in [0.25, 0.3) is 0 Å². The summed E-state index contributed by atoms with van der Waals surface area (Å²) < 4.78 is 14.5. The van der Waals surface area contributed by atoms with E-state index in [0.717, 1.165) is 18.4 Å². The van der Waals surface area contributed by atoms with Gasteiger partial charge >= 0.3 is 5.69 Å². The molecule has 0 spiro atoms. The first-order valence-electron chi connectivity index (χ1n) is 8.12. The van der Waals surface area contributed by atoms with E-state index in [1.165, 1.54) is 16.8 Å². The maximum Gasteiger partial charge on any atom is 0.312 e. The zero-order valence-corrected chi connectivity index (χ0v) is 14.1. The average Bonchev–Trinajstić information content (AvgIpc) is 3.13. The molecular formula is C17H19FN4O3. The minimum atomic E-state index is -0.476. The molecule has 25 heavy (non-hydrogen) atoms. The highest BCUT2D eigenvalue weighted by Gasteiger charge is 2.31. The molecule has 0 aliphatic carbocycles. The van der Waals surface area contributed by atoms with Crippen molar-refractivity contribution in [2.75, 3.05) is 6.54 Å². The molecule has 1 atom stereocenters. The number of likely N-dealkylation sites (tertiary alicyclic amines) is 1. The molecule has 1 aromatic carbocycles. The van der Waals surface area contributed by atoms with Crippen molar-refractivity contribution in [3.8, 4) is 0 Å². The number of nitro groups is 1. The van der Waals surface area contributed by atoms with E-state index < -0.39 is 4.92 Å². The number of hydrogen-bond acceptors (Lipinski definition) is 4. The van der Waals surface area contributed by atoms with Crippen molar-refractivity contribution in [3.63, 3.8) is 0 Å². The fourth-order valence-electron chi connectivity index (χ4n) is 3.42. The van der Waals surface area contributed by atoms with E-state index in [0.29, 0.717) is 17.9 Å². The van der Waals surface area contributed by atoms with Gasteiger partial charge in [-0.2, -0.15) is 5.10 Å². The number of nitrogens with zero attached hydrogens (tertiary/aromatic N) is 4. The Morgan fingerprint density at radius 3 is 2.64 bits per heavy atom. The van der Waals surface area contributed by atoms with Crippen molar-refractivity contribution in [2.24, 2.45) is 0 Å². The molecule has 0 saturated carbocycles. The van der Waals surface area contributed by atoms with Gasteiger partial charge in [-0.25, -0.2) is 4.39 Å². The van der Waals surface area contributed by atoms with Gasteiger partial charge in [0.05, 0.1) is 11.0 Å². The second kappa shape index (κ2) is 6.62. The zero-order chi connectivity index (χ0) is 18.1. The summed E-state index contributed by atoms with van der Waals surface area (Å²) in [6.45, 7) is 3.72. The first-order valence-corrected chi connectivity index (χ1v) is 8.12. The molecule has 0 bridgehead atoms. The minimum Gasteiger partial charge on any atom is -0.334 e. The van der Waals surface area contributed by atoms with Crippen LogP contribution in [0, 0.1) is 29.8 Å². The zero-order valence-electron chi connectivity index (χ0n) is 14.1. The van der Waals surface area contributed by atoms with E-state index in [2.05, 4.69) is 5.10 Å². The summed E-state index contributed by atoms with van der Waals surface area (Å²) in [5, 5.41) is 15.2. The third-order valence-corrected chi connectivity index (χ3v) is 4.64. The quantitative estimate of drug-likeness (QED) is 0.630. The van der Waals surface area contributed by atoms with Gasteiger partial charge in [-0.15, -0.1) is 0 Å². The van der Waals surface area contributed by atoms with Gasteiger partial charge in [-0.1, -0.05) is 12.1 Å². The lowest BCUT2D eigenvalue weighted by Gasteiger charge is -2.25. The van der Waals surface area contributed by atoms with Crippen molar-refractivity contribution in [3.05, 3.63) is 57.1 Å². The van der Waals surface area contributed by atoms with E-state index >= 15 is 0 Å². The Morgan fingerprint density at radius 2 is 2.04 bits per heavy atom. The van der Waals surface area contributed by atoms with Crippen molar-refractivity contribution < 1.29 is 14.1 Å². The van der Waals surface area contributed by atoms with Crippen LogP contribution in [0.2, 0.25) is 0 Å². The van der Waals surface area contributed by atoms with E-state index in [4.69, 9.17) is 0 Å². The van der Waals surface area contributed by atoms with Crippen molar-refractivity contribution in [1.29, 1.82) is 0 Å². The summed E-state index contributed by atoms with van der Waals surface area (Å²) in [4.78, 5) is 25.1. The minimum absolute atomic E-state index is 0.0434. The maximum absolute atomic E-state index is 13.1. The number of carbonyl (C=O) groups excluding carboxylic acids is 1. The fourth-order valence-corrected chi connectivity index (χ4v) is 3.42. The van der Waals surface area contributed by atoms with Crippen molar-refractivity contribution in [2.45, 2.75) is 39.3 Å². The summed E-state index contributed by atoms with van der Waals surface area (Å²) in [6.07, 6.45) is 1.68. The fraction of sp³-hybridized carbons (Fsp3) is 0.412. The topological polar surface area (TPSA) is 81.3 Å². The molecule has 132 valence electrons. The van der Waals surface area contributed by atoms with E-state index in [1.54, 1.807) is 30.9 Å². The summed E-state index contributed by atoms with van der Waals surface area (Å²) in [7, 11) is 0. The SMILES string of the molecule is Cc1nn(CC(=O)N2CCCC2c2ccc(F)cc2)c(C)c1[N+](=O)[O-]. The largest absolute Gasteiger partial charge is 0.334 e. The summed E-state index contributed by atoms with van der Waals surface area (Å²) in [5.74, 6) is -0.457. The Morgan fingerprint density at radius 1 is 1.36 bits per heavy atom. The first-order chi connectivity index (χ1) is 11.9. The predicted molar refractivity (Wildman–Crippen MR) is 88.4 cm³/mol. The van der Waals surface area contributed by atoms with Gasteiger partial charge in [0.25, 0.3) is 0 Å². The van der Waals surface area contributed by atoms with E-state index in [9.17, 15) is 19.3 Å². The van der Waals surface area contributed by atoms with Gasteiger partial charge < -0.3 is 4.90 Å². The molecule has 1 unspecified atom stereocenters. The number of rotatable bonds is 4. The molecule has 1 aliphatic heterocycles. The average molecular weight is 346 g/mol. The Hall–Kier alpha value is -2.77. The predicted octanol–water partition coefficient (Wildman–Crippen LogP) is 2.91. The second-order valence-corrected chi connectivity index (χ2v) is 6.23. The monoisotopic (exact) mass is 346 g/mol. The number of aromatic nitrogens is 2. The van der Waals surface area contributed by atoms with Gasteiger partial charge in [0.15, 0.2) is 0 Å². The molecule has 1 aliphatic rings. The molecule has 1 amide bonds. The van der Waals surface area contributed by atoms with Gasteiger partial charge in [0.1, 0.15) is 23.7 Å². The van der Waals surface area contributed by atoms with Crippen LogP contribution in [0.5, 0.6) is 0 Å². The smallest absolute Gasteiger partial charge is 0.312 e. The number of aryl methyl sites for hydroxylation is 1. The number of halogens is 1. The van der Waals surface area contributed by atoms with Gasteiger partial charge in [-0.3, -0.25) is 19.6 Å². The van der Waals surface area contributed by atoms with Crippen LogP contribution in [-0.2, 0) is 11.3 Å². The number of amides is 1. The first kappa shape index (κ1) is 17.1. The Bertz CT molecular complexity index is 816. The molecule has 1 fully saturated rings. The molecule has 8 heteroatoms. The van der Waals surface area contributed by atoms with Gasteiger partial charge in [-0.05, 0) is 44.4 Å². The lowest BCUT2D eigenvalue weighted by atomic mass is 10.0. The number of benzene rings is 1. The Labute approximate surface area is 144 Å². The van der Waals surface area contributed by atoms with E-state index in [-0.39, 0.29) is 30.0 Å². The number of carbonyl (C=O) groups is 1. The standard InChI is InChI=1S/C17H19FN4O3/c1-11-17(22(24)25)12(2)21(19-11)10-16(23)20-9-3-4-15(20)13-5-7-14(18)8-6-13/h5-8,15H,3-4,9-10H2,1-2H3.